The molecule has 0 bridgehead atoms. The minimum absolute atomic E-state index is 0.000991. The predicted octanol–water partition coefficient (Wildman–Crippen LogP) is -1.94. The van der Waals surface area contributed by atoms with Crippen molar-refractivity contribution in [1.29, 1.82) is 0 Å². The van der Waals surface area contributed by atoms with Crippen LogP contribution in [0.25, 0.3) is 0 Å². The Balaban J connectivity index is 1.17. The van der Waals surface area contributed by atoms with Gasteiger partial charge in [-0.1, -0.05) is 0 Å². The minimum Gasteiger partial charge on any atom is -0.486 e. The third-order valence-electron chi connectivity index (χ3n) is 6.45. The summed E-state index contributed by atoms with van der Waals surface area (Å²) in [5, 5.41) is 5.89. The Bertz CT molecular complexity index is 781. The van der Waals surface area contributed by atoms with E-state index in [2.05, 4.69) is 17.6 Å². The van der Waals surface area contributed by atoms with E-state index in [9.17, 15) is 9.59 Å². The number of hydrogen-bond acceptors (Lipinski definition) is 4. The molecule has 31 heavy (non-hydrogen) atoms. The topological polar surface area (TPSA) is 88.8 Å². The fraction of sp³-hybridized carbons (Fsp3) is 0.636. The number of urea groups is 1. The van der Waals surface area contributed by atoms with Gasteiger partial charge in [0.2, 0.25) is 5.91 Å². The van der Waals surface area contributed by atoms with Gasteiger partial charge in [0.05, 0.1) is 19.1 Å². The number of hydrogen-bond donors (Lipinski definition) is 4. The Morgan fingerprint density at radius 1 is 1.13 bits per heavy atom. The quantitative estimate of drug-likeness (QED) is 0.377. The number of anilines is 1. The average molecular weight is 434 g/mol. The van der Waals surface area contributed by atoms with E-state index in [-0.39, 0.29) is 18.0 Å². The van der Waals surface area contributed by atoms with Crippen LogP contribution in [0.1, 0.15) is 19.8 Å². The zero-order chi connectivity index (χ0) is 21.6. The van der Waals surface area contributed by atoms with Gasteiger partial charge >= 0.3 is 6.03 Å². The Kier molecular flexibility index (Phi) is 7.14. The summed E-state index contributed by atoms with van der Waals surface area (Å²) in [4.78, 5) is 29.8. The largest absolute Gasteiger partial charge is 0.486 e. The molecule has 3 aliphatic rings. The monoisotopic (exact) mass is 433 g/mol. The van der Waals surface area contributed by atoms with Crippen molar-refractivity contribution in [3.8, 4) is 11.5 Å². The molecule has 3 heterocycles. The molecule has 0 unspecified atom stereocenters. The number of carbonyl (C=O) groups is 2. The van der Waals surface area contributed by atoms with E-state index in [0.717, 1.165) is 18.7 Å². The summed E-state index contributed by atoms with van der Waals surface area (Å²) in [7, 11) is 0. The number of amides is 3. The van der Waals surface area contributed by atoms with Crippen LogP contribution in [0.15, 0.2) is 18.2 Å². The van der Waals surface area contributed by atoms with Crippen molar-refractivity contribution in [3.05, 3.63) is 18.2 Å². The normalized spacial score (nSPS) is 25.4. The molecule has 1 atom stereocenters. The molecule has 2 fully saturated rings. The zero-order valence-corrected chi connectivity index (χ0v) is 18.4. The highest BCUT2D eigenvalue weighted by Crippen LogP contribution is 2.35. The van der Waals surface area contributed by atoms with Crippen LogP contribution in [0.5, 0.6) is 11.5 Å². The van der Waals surface area contributed by atoms with Gasteiger partial charge in [-0.05, 0) is 19.1 Å². The maximum atomic E-state index is 12.5. The van der Waals surface area contributed by atoms with Crippen molar-refractivity contribution in [3.63, 3.8) is 0 Å². The lowest BCUT2D eigenvalue weighted by Crippen LogP contribution is -3.28. The van der Waals surface area contributed by atoms with Crippen LogP contribution in [0.3, 0.4) is 0 Å². The molecule has 0 saturated carbocycles. The Labute approximate surface area is 183 Å². The van der Waals surface area contributed by atoms with Crippen molar-refractivity contribution in [2.45, 2.75) is 25.8 Å². The lowest BCUT2D eigenvalue weighted by atomic mass is 10.2. The number of quaternary nitrogens is 2. The van der Waals surface area contributed by atoms with Gasteiger partial charge < -0.3 is 34.8 Å². The van der Waals surface area contributed by atoms with E-state index in [1.54, 1.807) is 14.7 Å². The van der Waals surface area contributed by atoms with E-state index >= 15 is 0 Å². The van der Waals surface area contributed by atoms with Crippen LogP contribution in [0, 0.1) is 0 Å². The number of rotatable bonds is 7. The molecule has 2 saturated heterocycles. The van der Waals surface area contributed by atoms with Gasteiger partial charge in [-0.25, -0.2) is 4.79 Å². The summed E-state index contributed by atoms with van der Waals surface area (Å²) in [5.41, 5.74) is 0.770. The Morgan fingerprint density at radius 2 is 1.87 bits per heavy atom. The molecule has 0 aliphatic carbocycles. The van der Waals surface area contributed by atoms with Crippen LogP contribution in [-0.2, 0) is 4.79 Å². The maximum absolute atomic E-state index is 12.5. The van der Waals surface area contributed by atoms with Crippen molar-refractivity contribution in [1.82, 2.24) is 10.6 Å². The van der Waals surface area contributed by atoms with Gasteiger partial charge in [0.1, 0.15) is 39.4 Å². The second-order valence-electron chi connectivity index (χ2n) is 8.59. The van der Waals surface area contributed by atoms with Gasteiger partial charge in [0, 0.05) is 37.7 Å². The molecular weight excluding hydrogens is 398 g/mol. The molecule has 4 rings (SSSR count). The fourth-order valence-electron chi connectivity index (χ4n) is 4.59. The first-order valence-corrected chi connectivity index (χ1v) is 11.5. The smallest absolute Gasteiger partial charge is 0.315 e. The second-order valence-corrected chi connectivity index (χ2v) is 8.59. The van der Waals surface area contributed by atoms with Gasteiger partial charge in [-0.15, -0.1) is 0 Å². The fourth-order valence-corrected chi connectivity index (χ4v) is 4.59. The third kappa shape index (κ3) is 5.59. The number of nitrogens with one attached hydrogen (secondary N) is 4. The zero-order valence-electron chi connectivity index (χ0n) is 18.4. The Morgan fingerprint density at radius 3 is 2.65 bits per heavy atom. The van der Waals surface area contributed by atoms with Crippen LogP contribution in [0.4, 0.5) is 10.5 Å². The highest BCUT2D eigenvalue weighted by atomic mass is 16.6. The Hall–Kier alpha value is -2.52. The summed E-state index contributed by atoms with van der Waals surface area (Å²) < 4.78 is 11.2. The van der Waals surface area contributed by atoms with E-state index < -0.39 is 0 Å². The first kappa shape index (κ1) is 21.7. The average Bonchev–Trinajstić information content (AvgIpc) is 3.16. The van der Waals surface area contributed by atoms with Crippen LogP contribution >= 0.6 is 0 Å². The van der Waals surface area contributed by atoms with E-state index in [1.165, 1.54) is 32.7 Å². The summed E-state index contributed by atoms with van der Waals surface area (Å²) in [6.07, 6.45) is 1.27. The SMILES string of the molecule is CC[NH+]1CC[NH+](CCCNC(=O)N[C@@H]2CC(=O)N(c3ccc4c(c3)OCCO4)C2)CC1. The lowest BCUT2D eigenvalue weighted by molar-refractivity contribution is -1.01. The maximum Gasteiger partial charge on any atom is 0.315 e. The minimum atomic E-state index is -0.198. The summed E-state index contributed by atoms with van der Waals surface area (Å²) in [6.45, 7) is 11.6. The summed E-state index contributed by atoms with van der Waals surface area (Å²) in [6, 6.07) is 5.13. The first-order chi connectivity index (χ1) is 15.1. The van der Waals surface area contributed by atoms with Crippen LogP contribution < -0.4 is 34.8 Å². The predicted molar refractivity (Wildman–Crippen MR) is 116 cm³/mol. The number of fused-ring (bicyclic) bond motifs is 1. The molecule has 1 aromatic carbocycles. The number of ether oxygens (including phenoxy) is 2. The second kappa shape index (κ2) is 10.2. The van der Waals surface area contributed by atoms with Gasteiger partial charge in [0.15, 0.2) is 11.5 Å². The van der Waals surface area contributed by atoms with Gasteiger partial charge in [0.25, 0.3) is 0 Å². The molecule has 1 aromatic rings. The molecule has 0 radical (unpaired) electrons. The van der Waals surface area contributed by atoms with E-state index in [4.69, 9.17) is 9.47 Å². The highest BCUT2D eigenvalue weighted by molar-refractivity contribution is 5.97. The number of benzene rings is 1. The number of carbonyl (C=O) groups excluding carboxylic acids is 2. The van der Waals surface area contributed by atoms with Crippen molar-refractivity contribution in [2.24, 2.45) is 0 Å². The number of piperazine rings is 1. The van der Waals surface area contributed by atoms with E-state index in [0.29, 0.717) is 44.2 Å². The molecular formula is C22H35N5O4+2. The number of likely N-dealkylation sites (N-methyl/N-ethyl adjacent to an activating group) is 1. The molecule has 4 N–H and O–H groups in total. The third-order valence-corrected chi connectivity index (χ3v) is 6.45. The standard InChI is InChI=1S/C22H33N5O4/c1-2-25-8-10-26(11-9-25)7-3-6-23-22(29)24-17-14-21(28)27(16-17)18-4-5-19-20(15-18)31-13-12-30-19/h4-5,15,17H,2-3,6-14,16H2,1H3,(H2,23,24,29)/p+2/t17-/m1/s1. The molecule has 9 nitrogen and oxygen atoms in total. The molecule has 0 aromatic heterocycles. The molecule has 3 amide bonds. The van der Waals surface area contributed by atoms with Crippen LogP contribution in [0.2, 0.25) is 0 Å². The molecule has 170 valence electrons. The first-order valence-electron chi connectivity index (χ1n) is 11.5. The molecule has 3 aliphatic heterocycles. The van der Waals surface area contributed by atoms with Gasteiger partial charge in [-0.2, -0.15) is 0 Å². The molecule has 9 heteroatoms. The molecule has 0 spiro atoms. The van der Waals surface area contributed by atoms with Crippen molar-refractivity contribution >= 4 is 17.6 Å². The van der Waals surface area contributed by atoms with E-state index in [1.807, 2.05) is 18.2 Å². The number of nitrogens with zero attached hydrogens (tertiary/aromatic N) is 1. The highest BCUT2D eigenvalue weighted by Gasteiger charge is 2.32. The van der Waals surface area contributed by atoms with Crippen molar-refractivity contribution in [2.75, 3.05) is 70.5 Å². The van der Waals surface area contributed by atoms with Crippen molar-refractivity contribution < 1.29 is 28.9 Å². The lowest BCUT2D eigenvalue weighted by Gasteiger charge is -2.29. The summed E-state index contributed by atoms with van der Waals surface area (Å²) >= 11 is 0. The van der Waals surface area contributed by atoms with Gasteiger partial charge in [-0.3, -0.25) is 4.79 Å². The van der Waals surface area contributed by atoms with Crippen LogP contribution in [-0.4, -0.2) is 83.6 Å². The summed E-state index contributed by atoms with van der Waals surface area (Å²) in [5.74, 6) is 1.36.